The lowest BCUT2D eigenvalue weighted by atomic mass is 10.1. The highest BCUT2D eigenvalue weighted by Gasteiger charge is 2.20. The molecule has 2 N–H and O–H groups in total. The van der Waals surface area contributed by atoms with E-state index in [1.807, 2.05) is 6.92 Å². The van der Waals surface area contributed by atoms with E-state index < -0.39 is 10.0 Å². The number of aliphatic hydroxyl groups is 1. The van der Waals surface area contributed by atoms with Crippen LogP contribution in [0.25, 0.3) is 0 Å². The van der Waals surface area contributed by atoms with Gasteiger partial charge in [-0.1, -0.05) is 6.07 Å². The van der Waals surface area contributed by atoms with E-state index in [0.717, 1.165) is 0 Å². The fourth-order valence-electron chi connectivity index (χ4n) is 2.39. The SMILES string of the molecule is CCN(C)C(=O)c1cccc(S(=O)(=O)NC[C@H](CO)Cc2ccco2)c1. The van der Waals surface area contributed by atoms with Crippen LogP contribution in [-0.4, -0.2) is 51.1 Å². The van der Waals surface area contributed by atoms with Gasteiger partial charge in [-0.05, 0) is 37.3 Å². The van der Waals surface area contributed by atoms with E-state index in [4.69, 9.17) is 4.42 Å². The highest BCUT2D eigenvalue weighted by Crippen LogP contribution is 2.14. The second-order valence-electron chi connectivity index (χ2n) is 6.03. The Balaban J connectivity index is 2.08. The molecule has 2 rings (SSSR count). The van der Waals surface area contributed by atoms with E-state index in [1.54, 1.807) is 25.2 Å². The Hall–Kier alpha value is -2.16. The molecule has 0 bridgehead atoms. The van der Waals surface area contributed by atoms with Gasteiger partial charge in [-0.3, -0.25) is 4.79 Å². The summed E-state index contributed by atoms with van der Waals surface area (Å²) in [7, 11) is -2.14. The summed E-state index contributed by atoms with van der Waals surface area (Å²) in [5, 5.41) is 9.47. The molecular formula is C18H24N2O5S. The van der Waals surface area contributed by atoms with Crippen LogP contribution in [0.5, 0.6) is 0 Å². The molecule has 26 heavy (non-hydrogen) atoms. The molecule has 0 spiro atoms. The van der Waals surface area contributed by atoms with Crippen LogP contribution in [0.3, 0.4) is 0 Å². The first-order valence-corrected chi connectivity index (χ1v) is 9.84. The van der Waals surface area contributed by atoms with Gasteiger partial charge in [-0.2, -0.15) is 0 Å². The van der Waals surface area contributed by atoms with Crippen LogP contribution in [0, 0.1) is 5.92 Å². The molecule has 0 radical (unpaired) electrons. The molecule has 8 heteroatoms. The van der Waals surface area contributed by atoms with Gasteiger partial charge in [0.25, 0.3) is 5.91 Å². The van der Waals surface area contributed by atoms with Gasteiger partial charge >= 0.3 is 0 Å². The maximum atomic E-state index is 12.5. The van der Waals surface area contributed by atoms with Crippen molar-refractivity contribution in [1.29, 1.82) is 0 Å². The number of amides is 1. The smallest absolute Gasteiger partial charge is 0.253 e. The summed E-state index contributed by atoms with van der Waals surface area (Å²) in [6.45, 7) is 2.25. The number of hydrogen-bond acceptors (Lipinski definition) is 5. The molecule has 0 fully saturated rings. The molecule has 0 unspecified atom stereocenters. The third-order valence-corrected chi connectivity index (χ3v) is 5.52. The van der Waals surface area contributed by atoms with Crippen LogP contribution in [-0.2, 0) is 16.4 Å². The van der Waals surface area contributed by atoms with Gasteiger partial charge in [0.2, 0.25) is 10.0 Å². The largest absolute Gasteiger partial charge is 0.469 e. The summed E-state index contributed by atoms with van der Waals surface area (Å²) < 4.78 is 32.8. The molecule has 0 aliphatic rings. The van der Waals surface area contributed by atoms with Gasteiger partial charge in [-0.25, -0.2) is 13.1 Å². The molecule has 0 aliphatic heterocycles. The quantitative estimate of drug-likeness (QED) is 0.687. The number of sulfonamides is 1. The number of aliphatic hydroxyl groups excluding tert-OH is 1. The molecule has 2 aromatic rings. The monoisotopic (exact) mass is 380 g/mol. The Kier molecular flexibility index (Phi) is 6.96. The number of rotatable bonds is 9. The molecule has 142 valence electrons. The first-order valence-electron chi connectivity index (χ1n) is 8.35. The summed E-state index contributed by atoms with van der Waals surface area (Å²) in [6.07, 6.45) is 1.95. The van der Waals surface area contributed by atoms with E-state index in [9.17, 15) is 18.3 Å². The minimum atomic E-state index is -3.80. The normalized spacial score (nSPS) is 12.7. The summed E-state index contributed by atoms with van der Waals surface area (Å²) in [6, 6.07) is 9.43. The van der Waals surface area contributed by atoms with Crippen LogP contribution in [0.4, 0.5) is 0 Å². The number of benzene rings is 1. The average molecular weight is 380 g/mol. The van der Waals surface area contributed by atoms with Gasteiger partial charge in [-0.15, -0.1) is 0 Å². The van der Waals surface area contributed by atoms with Gasteiger partial charge in [0, 0.05) is 44.6 Å². The van der Waals surface area contributed by atoms with Gasteiger partial charge in [0.15, 0.2) is 0 Å². The second kappa shape index (κ2) is 8.98. The van der Waals surface area contributed by atoms with Crippen molar-refractivity contribution in [2.24, 2.45) is 5.92 Å². The maximum absolute atomic E-state index is 12.5. The van der Waals surface area contributed by atoms with E-state index in [0.29, 0.717) is 24.3 Å². The third kappa shape index (κ3) is 5.17. The van der Waals surface area contributed by atoms with Crippen molar-refractivity contribution in [3.05, 3.63) is 54.0 Å². The van der Waals surface area contributed by atoms with Gasteiger partial charge < -0.3 is 14.4 Å². The number of furan rings is 1. The average Bonchev–Trinajstić information content (AvgIpc) is 3.17. The number of nitrogens with zero attached hydrogens (tertiary/aromatic N) is 1. The molecule has 0 saturated carbocycles. The molecule has 0 saturated heterocycles. The fraction of sp³-hybridized carbons (Fsp3) is 0.389. The lowest BCUT2D eigenvalue weighted by Crippen LogP contribution is -2.32. The van der Waals surface area contributed by atoms with E-state index in [1.165, 1.54) is 29.4 Å². The lowest BCUT2D eigenvalue weighted by molar-refractivity contribution is 0.0802. The first-order chi connectivity index (χ1) is 12.4. The Bertz CT molecular complexity index is 818. The van der Waals surface area contributed by atoms with Crippen LogP contribution in [0.1, 0.15) is 23.0 Å². The summed E-state index contributed by atoms with van der Waals surface area (Å²) in [5.74, 6) is 0.126. The lowest BCUT2D eigenvalue weighted by Gasteiger charge is -2.16. The zero-order valence-corrected chi connectivity index (χ0v) is 15.7. The van der Waals surface area contributed by atoms with E-state index in [-0.39, 0.29) is 29.9 Å². The van der Waals surface area contributed by atoms with Crippen molar-refractivity contribution in [2.45, 2.75) is 18.2 Å². The highest BCUT2D eigenvalue weighted by molar-refractivity contribution is 7.89. The predicted octanol–water partition coefficient (Wildman–Crippen LogP) is 1.50. The summed E-state index contributed by atoms with van der Waals surface area (Å²) in [4.78, 5) is 13.7. The van der Waals surface area contributed by atoms with Crippen LogP contribution < -0.4 is 4.72 Å². The molecule has 1 atom stereocenters. The standard InChI is InChI=1S/C18H24N2O5S/c1-3-20(2)18(22)15-6-4-8-17(11-15)26(23,24)19-12-14(13-21)10-16-7-5-9-25-16/h4-9,11,14,19,21H,3,10,12-13H2,1-2H3/t14-/m1/s1. The summed E-state index contributed by atoms with van der Waals surface area (Å²) in [5.41, 5.74) is 0.312. The summed E-state index contributed by atoms with van der Waals surface area (Å²) >= 11 is 0. The van der Waals surface area contributed by atoms with Crippen LogP contribution in [0.2, 0.25) is 0 Å². The predicted molar refractivity (Wildman–Crippen MR) is 97.3 cm³/mol. The van der Waals surface area contributed by atoms with E-state index >= 15 is 0 Å². The van der Waals surface area contributed by atoms with Gasteiger partial charge in [0.1, 0.15) is 5.76 Å². The fourth-order valence-corrected chi connectivity index (χ4v) is 3.55. The molecule has 0 aliphatic carbocycles. The van der Waals surface area contributed by atoms with Crippen LogP contribution >= 0.6 is 0 Å². The molecule has 1 amide bonds. The molecular weight excluding hydrogens is 356 g/mol. The minimum absolute atomic E-state index is 0.0162. The van der Waals surface area contributed by atoms with Crippen molar-refractivity contribution >= 4 is 15.9 Å². The van der Waals surface area contributed by atoms with Crippen molar-refractivity contribution in [3.8, 4) is 0 Å². The highest BCUT2D eigenvalue weighted by atomic mass is 32.2. The number of carbonyl (C=O) groups excluding carboxylic acids is 1. The number of nitrogens with one attached hydrogen (secondary N) is 1. The zero-order chi connectivity index (χ0) is 19.2. The van der Waals surface area contributed by atoms with E-state index in [2.05, 4.69) is 4.72 Å². The van der Waals surface area contributed by atoms with Crippen molar-refractivity contribution in [3.63, 3.8) is 0 Å². The second-order valence-corrected chi connectivity index (χ2v) is 7.80. The molecule has 1 aromatic carbocycles. The van der Waals surface area contributed by atoms with Crippen LogP contribution in [0.15, 0.2) is 52.0 Å². The minimum Gasteiger partial charge on any atom is -0.469 e. The van der Waals surface area contributed by atoms with Gasteiger partial charge in [0.05, 0.1) is 11.2 Å². The molecule has 1 heterocycles. The molecule has 1 aromatic heterocycles. The molecule has 7 nitrogen and oxygen atoms in total. The van der Waals surface area contributed by atoms with Crippen molar-refractivity contribution in [2.75, 3.05) is 26.7 Å². The Morgan fingerprint density at radius 3 is 2.69 bits per heavy atom. The maximum Gasteiger partial charge on any atom is 0.253 e. The zero-order valence-electron chi connectivity index (χ0n) is 14.9. The topological polar surface area (TPSA) is 99.9 Å². The Morgan fingerprint density at radius 2 is 2.08 bits per heavy atom. The Labute approximate surface area is 153 Å². The number of hydrogen-bond donors (Lipinski definition) is 2. The number of carbonyl (C=O) groups is 1. The third-order valence-electron chi connectivity index (χ3n) is 4.10. The van der Waals surface area contributed by atoms with Crippen molar-refractivity contribution < 1.29 is 22.7 Å². The Morgan fingerprint density at radius 1 is 1.31 bits per heavy atom. The first kappa shape index (κ1) is 20.2. The van der Waals surface area contributed by atoms with Crippen molar-refractivity contribution in [1.82, 2.24) is 9.62 Å².